The Balaban J connectivity index is 2.17. The molecule has 0 unspecified atom stereocenters. The molecule has 0 saturated heterocycles. The van der Waals surface area contributed by atoms with Crippen molar-refractivity contribution in [3.8, 4) is 0 Å². The van der Waals surface area contributed by atoms with Gasteiger partial charge in [0, 0.05) is 5.02 Å². The summed E-state index contributed by atoms with van der Waals surface area (Å²) in [5, 5.41) is 3.27. The first-order chi connectivity index (χ1) is 12.6. The van der Waals surface area contributed by atoms with Crippen LogP contribution in [0.2, 0.25) is 5.02 Å². The summed E-state index contributed by atoms with van der Waals surface area (Å²) in [7, 11) is -3.65. The maximum atomic E-state index is 12.5. The number of amides is 1. The fraction of sp³-hybridized carbons (Fsp3) is 0.350. The predicted octanol–water partition coefficient (Wildman–Crippen LogP) is 3.85. The third-order valence-electron chi connectivity index (χ3n) is 4.39. The summed E-state index contributed by atoms with van der Waals surface area (Å²) < 4.78 is 25.6. The van der Waals surface area contributed by atoms with Crippen LogP contribution in [0.15, 0.2) is 42.5 Å². The first kappa shape index (κ1) is 21.3. The van der Waals surface area contributed by atoms with Crippen molar-refractivity contribution < 1.29 is 13.2 Å². The Morgan fingerprint density at radius 1 is 1.19 bits per heavy atom. The molecule has 1 amide bonds. The Morgan fingerprint density at radius 3 is 2.37 bits per heavy atom. The second kappa shape index (κ2) is 8.76. The van der Waals surface area contributed by atoms with E-state index in [2.05, 4.69) is 12.2 Å². The minimum atomic E-state index is -3.65. The molecule has 0 aliphatic carbocycles. The quantitative estimate of drug-likeness (QED) is 0.756. The van der Waals surface area contributed by atoms with Crippen LogP contribution in [0.1, 0.15) is 36.6 Å². The van der Waals surface area contributed by atoms with Crippen molar-refractivity contribution in [1.29, 1.82) is 0 Å². The number of anilines is 1. The molecule has 2 aromatic carbocycles. The van der Waals surface area contributed by atoms with E-state index < -0.39 is 10.0 Å². The van der Waals surface area contributed by atoms with Gasteiger partial charge in [0.25, 0.3) is 0 Å². The van der Waals surface area contributed by atoms with Gasteiger partial charge in [-0.15, -0.1) is 0 Å². The SMILES string of the molecule is CCc1ccc([C@@H](C)NC(=O)CN(c2cc(Cl)ccc2C)S(C)(=O)=O)cc1. The molecule has 0 bridgehead atoms. The van der Waals surface area contributed by atoms with E-state index in [4.69, 9.17) is 11.6 Å². The van der Waals surface area contributed by atoms with Gasteiger partial charge < -0.3 is 5.32 Å². The highest BCUT2D eigenvalue weighted by Gasteiger charge is 2.23. The van der Waals surface area contributed by atoms with E-state index in [0.717, 1.165) is 28.1 Å². The van der Waals surface area contributed by atoms with Gasteiger partial charge in [0.2, 0.25) is 15.9 Å². The van der Waals surface area contributed by atoms with E-state index in [-0.39, 0.29) is 18.5 Å². The highest BCUT2D eigenvalue weighted by molar-refractivity contribution is 7.92. The molecule has 0 aliphatic heterocycles. The molecule has 0 fully saturated rings. The van der Waals surface area contributed by atoms with Crippen molar-refractivity contribution >= 4 is 33.2 Å². The number of halogens is 1. The molecule has 0 radical (unpaired) electrons. The summed E-state index contributed by atoms with van der Waals surface area (Å²) >= 11 is 6.01. The summed E-state index contributed by atoms with van der Waals surface area (Å²) in [6, 6.07) is 12.7. The molecular formula is C20H25ClN2O3S. The minimum absolute atomic E-state index is 0.231. The Bertz CT molecular complexity index is 911. The molecule has 5 nitrogen and oxygen atoms in total. The van der Waals surface area contributed by atoms with Crippen molar-refractivity contribution in [2.75, 3.05) is 17.1 Å². The Labute approximate surface area is 166 Å². The number of rotatable bonds is 7. The third kappa shape index (κ3) is 5.71. The van der Waals surface area contributed by atoms with E-state index in [1.54, 1.807) is 25.1 Å². The summed E-state index contributed by atoms with van der Waals surface area (Å²) in [6.45, 7) is 5.42. The average molecular weight is 409 g/mol. The van der Waals surface area contributed by atoms with Gasteiger partial charge in [-0.3, -0.25) is 9.10 Å². The number of hydrogen-bond acceptors (Lipinski definition) is 3. The number of benzene rings is 2. The second-order valence-electron chi connectivity index (χ2n) is 6.58. The maximum Gasteiger partial charge on any atom is 0.241 e. The van der Waals surface area contributed by atoms with Crippen LogP contribution in [0.3, 0.4) is 0 Å². The summed E-state index contributed by atoms with van der Waals surface area (Å²) in [5.41, 5.74) is 3.31. The lowest BCUT2D eigenvalue weighted by Gasteiger charge is -2.25. The molecule has 0 spiro atoms. The zero-order chi connectivity index (χ0) is 20.2. The third-order valence-corrected chi connectivity index (χ3v) is 5.75. The second-order valence-corrected chi connectivity index (χ2v) is 8.93. The van der Waals surface area contributed by atoms with E-state index in [1.807, 2.05) is 31.2 Å². The summed E-state index contributed by atoms with van der Waals surface area (Å²) in [5.74, 6) is -0.383. The van der Waals surface area contributed by atoms with Gasteiger partial charge in [-0.05, 0) is 49.1 Å². The molecule has 27 heavy (non-hydrogen) atoms. The van der Waals surface area contributed by atoms with Crippen LogP contribution >= 0.6 is 11.6 Å². The standard InChI is InChI=1S/C20H25ClN2O3S/c1-5-16-7-9-17(10-8-16)15(3)22-20(24)13-23(27(4,25)26)19-12-18(21)11-6-14(19)2/h6-12,15H,5,13H2,1-4H3,(H,22,24)/t15-/m1/s1. The predicted molar refractivity (Wildman–Crippen MR) is 111 cm³/mol. The molecule has 0 heterocycles. The van der Waals surface area contributed by atoms with Gasteiger partial charge in [0.1, 0.15) is 6.54 Å². The first-order valence-electron chi connectivity index (χ1n) is 8.74. The van der Waals surface area contributed by atoms with Crippen molar-refractivity contribution in [1.82, 2.24) is 5.32 Å². The monoisotopic (exact) mass is 408 g/mol. The maximum absolute atomic E-state index is 12.5. The molecule has 1 atom stereocenters. The minimum Gasteiger partial charge on any atom is -0.348 e. The average Bonchev–Trinajstić information content (AvgIpc) is 2.61. The number of aryl methyl sites for hydroxylation is 2. The zero-order valence-electron chi connectivity index (χ0n) is 16.0. The van der Waals surface area contributed by atoms with E-state index >= 15 is 0 Å². The van der Waals surface area contributed by atoms with Crippen molar-refractivity contribution in [2.45, 2.75) is 33.2 Å². The largest absolute Gasteiger partial charge is 0.348 e. The van der Waals surface area contributed by atoms with Gasteiger partial charge in [-0.2, -0.15) is 0 Å². The number of nitrogens with one attached hydrogen (secondary N) is 1. The Morgan fingerprint density at radius 2 is 1.81 bits per heavy atom. The highest BCUT2D eigenvalue weighted by atomic mass is 35.5. The van der Waals surface area contributed by atoms with Crippen LogP contribution in [0.4, 0.5) is 5.69 Å². The van der Waals surface area contributed by atoms with Gasteiger partial charge in [0.15, 0.2) is 0 Å². The van der Waals surface area contributed by atoms with Crippen molar-refractivity contribution in [3.05, 3.63) is 64.2 Å². The van der Waals surface area contributed by atoms with Crippen LogP contribution in [-0.2, 0) is 21.2 Å². The lowest BCUT2D eigenvalue weighted by atomic mass is 10.1. The lowest BCUT2D eigenvalue weighted by molar-refractivity contribution is -0.120. The fourth-order valence-corrected chi connectivity index (χ4v) is 3.85. The van der Waals surface area contributed by atoms with E-state index in [1.165, 1.54) is 5.56 Å². The lowest BCUT2D eigenvalue weighted by Crippen LogP contribution is -2.41. The normalized spacial score (nSPS) is 12.5. The number of hydrogen-bond donors (Lipinski definition) is 1. The van der Waals surface area contributed by atoms with Crippen LogP contribution in [-0.4, -0.2) is 27.1 Å². The van der Waals surface area contributed by atoms with Gasteiger partial charge in [-0.25, -0.2) is 8.42 Å². The summed E-state index contributed by atoms with van der Waals surface area (Å²) in [4.78, 5) is 12.5. The van der Waals surface area contributed by atoms with Crippen LogP contribution in [0, 0.1) is 6.92 Å². The molecule has 2 rings (SSSR count). The molecule has 1 N–H and O–H groups in total. The van der Waals surface area contributed by atoms with Gasteiger partial charge >= 0.3 is 0 Å². The molecule has 146 valence electrons. The fourth-order valence-electron chi connectivity index (χ4n) is 2.78. The molecular weight excluding hydrogens is 384 g/mol. The molecule has 7 heteroatoms. The van der Waals surface area contributed by atoms with Gasteiger partial charge in [-0.1, -0.05) is 48.9 Å². The molecule has 0 aromatic heterocycles. The van der Waals surface area contributed by atoms with Crippen LogP contribution in [0.25, 0.3) is 0 Å². The topological polar surface area (TPSA) is 66.5 Å². The number of carbonyl (C=O) groups excluding carboxylic acids is 1. The van der Waals surface area contributed by atoms with E-state index in [0.29, 0.717) is 10.7 Å². The van der Waals surface area contributed by atoms with Crippen LogP contribution in [0.5, 0.6) is 0 Å². The smallest absolute Gasteiger partial charge is 0.241 e. The number of carbonyl (C=O) groups is 1. The summed E-state index contributed by atoms with van der Waals surface area (Å²) in [6.07, 6.45) is 2.02. The molecule has 0 saturated carbocycles. The molecule has 0 aliphatic rings. The zero-order valence-corrected chi connectivity index (χ0v) is 17.6. The Kier molecular flexibility index (Phi) is 6.89. The number of sulfonamides is 1. The van der Waals surface area contributed by atoms with Crippen molar-refractivity contribution in [3.63, 3.8) is 0 Å². The van der Waals surface area contributed by atoms with Crippen molar-refractivity contribution in [2.24, 2.45) is 0 Å². The number of nitrogens with zero attached hydrogens (tertiary/aromatic N) is 1. The highest BCUT2D eigenvalue weighted by Crippen LogP contribution is 2.26. The molecule has 2 aromatic rings. The van der Waals surface area contributed by atoms with Gasteiger partial charge in [0.05, 0.1) is 18.0 Å². The van der Waals surface area contributed by atoms with E-state index in [9.17, 15) is 13.2 Å². The van der Waals surface area contributed by atoms with Crippen LogP contribution < -0.4 is 9.62 Å². The first-order valence-corrected chi connectivity index (χ1v) is 11.0. The Hall–Kier alpha value is -2.05.